The average molecular weight is 306 g/mol. The average Bonchev–Trinajstić information content (AvgIpc) is 2.41. The Morgan fingerprint density at radius 1 is 1.43 bits per heavy atom. The second-order valence-electron chi connectivity index (χ2n) is 4.45. The maximum Gasteiger partial charge on any atom is 0.417 e. The van der Waals surface area contributed by atoms with Crippen LogP contribution >= 0.6 is 0 Å². The number of rotatable bonds is 6. The van der Waals surface area contributed by atoms with E-state index < -0.39 is 23.3 Å². The summed E-state index contributed by atoms with van der Waals surface area (Å²) in [5.41, 5.74) is -1.70. The summed E-state index contributed by atoms with van der Waals surface area (Å²) in [4.78, 5) is 15.1. The largest absolute Gasteiger partial charge is 0.465 e. The SMILES string of the molecule is COC(=O)c1cnc(NCCOC(C)C)cc1C(F)(F)F. The number of carbonyl (C=O) groups is 1. The van der Waals surface area contributed by atoms with Gasteiger partial charge in [-0.05, 0) is 19.9 Å². The van der Waals surface area contributed by atoms with Gasteiger partial charge in [-0.25, -0.2) is 9.78 Å². The summed E-state index contributed by atoms with van der Waals surface area (Å²) < 4.78 is 48.4. The van der Waals surface area contributed by atoms with Gasteiger partial charge in [0, 0.05) is 12.7 Å². The zero-order valence-electron chi connectivity index (χ0n) is 12.0. The molecule has 21 heavy (non-hydrogen) atoms. The molecule has 1 aromatic rings. The lowest BCUT2D eigenvalue weighted by molar-refractivity contribution is -0.138. The highest BCUT2D eigenvalue weighted by molar-refractivity contribution is 5.91. The number of anilines is 1. The van der Waals surface area contributed by atoms with Gasteiger partial charge >= 0.3 is 12.1 Å². The van der Waals surface area contributed by atoms with Gasteiger partial charge in [0.1, 0.15) is 5.82 Å². The van der Waals surface area contributed by atoms with Crippen LogP contribution in [0.1, 0.15) is 29.8 Å². The fourth-order valence-corrected chi connectivity index (χ4v) is 1.53. The molecule has 1 rings (SSSR count). The summed E-state index contributed by atoms with van der Waals surface area (Å²) >= 11 is 0. The zero-order chi connectivity index (χ0) is 16.0. The molecule has 8 heteroatoms. The predicted molar refractivity (Wildman–Crippen MR) is 70.2 cm³/mol. The number of esters is 1. The van der Waals surface area contributed by atoms with E-state index in [1.807, 2.05) is 13.8 Å². The van der Waals surface area contributed by atoms with Crippen molar-refractivity contribution in [2.75, 3.05) is 25.6 Å². The first kappa shape index (κ1) is 17.2. The van der Waals surface area contributed by atoms with Gasteiger partial charge in [-0.1, -0.05) is 0 Å². The van der Waals surface area contributed by atoms with Crippen LogP contribution in [0.25, 0.3) is 0 Å². The van der Waals surface area contributed by atoms with Crippen molar-refractivity contribution in [3.63, 3.8) is 0 Å². The van der Waals surface area contributed by atoms with E-state index in [1.165, 1.54) is 0 Å². The predicted octanol–water partition coefficient (Wildman–Crippen LogP) is 2.72. The third-order valence-corrected chi connectivity index (χ3v) is 2.47. The van der Waals surface area contributed by atoms with E-state index in [9.17, 15) is 18.0 Å². The zero-order valence-corrected chi connectivity index (χ0v) is 12.0. The van der Waals surface area contributed by atoms with Crippen LogP contribution in [-0.4, -0.2) is 37.3 Å². The molecule has 0 saturated heterocycles. The minimum atomic E-state index is -4.67. The van der Waals surface area contributed by atoms with Crippen molar-refractivity contribution in [3.05, 3.63) is 23.4 Å². The Morgan fingerprint density at radius 2 is 2.10 bits per heavy atom. The topological polar surface area (TPSA) is 60.5 Å². The number of nitrogens with zero attached hydrogens (tertiary/aromatic N) is 1. The van der Waals surface area contributed by atoms with Crippen LogP contribution in [0.2, 0.25) is 0 Å². The molecule has 5 nitrogen and oxygen atoms in total. The standard InChI is InChI=1S/C13H17F3N2O3/c1-8(2)21-5-4-17-11-6-10(13(14,15)16)9(7-18-11)12(19)20-3/h6-8H,4-5H2,1-3H3,(H,17,18). The molecule has 0 fully saturated rings. The minimum Gasteiger partial charge on any atom is -0.465 e. The third kappa shape index (κ3) is 5.22. The maximum absolute atomic E-state index is 12.9. The van der Waals surface area contributed by atoms with Gasteiger partial charge in [0.2, 0.25) is 0 Å². The molecule has 0 unspecified atom stereocenters. The van der Waals surface area contributed by atoms with E-state index >= 15 is 0 Å². The van der Waals surface area contributed by atoms with Gasteiger partial charge in [0.15, 0.2) is 0 Å². The Labute approximate surface area is 120 Å². The van der Waals surface area contributed by atoms with Crippen LogP contribution in [0.15, 0.2) is 12.3 Å². The van der Waals surface area contributed by atoms with Gasteiger partial charge in [0.25, 0.3) is 0 Å². The highest BCUT2D eigenvalue weighted by atomic mass is 19.4. The van der Waals surface area contributed by atoms with Crippen molar-refractivity contribution < 1.29 is 27.4 Å². The summed E-state index contributed by atoms with van der Waals surface area (Å²) in [6, 6.07) is 0.779. The third-order valence-electron chi connectivity index (χ3n) is 2.47. The van der Waals surface area contributed by atoms with Crippen LogP contribution in [0.3, 0.4) is 0 Å². The molecule has 0 aliphatic heterocycles. The Kier molecular flexibility index (Phi) is 5.95. The summed E-state index contributed by atoms with van der Waals surface area (Å²) in [6.07, 6.45) is -3.79. The summed E-state index contributed by atoms with van der Waals surface area (Å²) in [5.74, 6) is -1.06. The number of aromatic nitrogens is 1. The molecule has 0 radical (unpaired) electrons. The Bertz CT molecular complexity index is 490. The van der Waals surface area contributed by atoms with E-state index in [0.717, 1.165) is 19.4 Å². The van der Waals surface area contributed by atoms with Gasteiger partial charge in [-0.3, -0.25) is 0 Å². The number of nitrogens with one attached hydrogen (secondary N) is 1. The first-order valence-electron chi connectivity index (χ1n) is 6.26. The summed E-state index contributed by atoms with van der Waals surface area (Å²) in [5, 5.41) is 2.71. The highest BCUT2D eigenvalue weighted by Crippen LogP contribution is 2.33. The maximum atomic E-state index is 12.9. The van der Waals surface area contributed by atoms with Crippen molar-refractivity contribution in [3.8, 4) is 0 Å². The molecule has 0 amide bonds. The number of methoxy groups -OCH3 is 1. The smallest absolute Gasteiger partial charge is 0.417 e. The van der Waals surface area contributed by atoms with E-state index in [4.69, 9.17) is 4.74 Å². The second-order valence-corrected chi connectivity index (χ2v) is 4.45. The van der Waals surface area contributed by atoms with Crippen LogP contribution in [-0.2, 0) is 15.7 Å². The fourth-order valence-electron chi connectivity index (χ4n) is 1.53. The Balaban J connectivity index is 2.87. The molecule has 1 heterocycles. The first-order valence-corrected chi connectivity index (χ1v) is 6.26. The van der Waals surface area contributed by atoms with E-state index in [0.29, 0.717) is 13.2 Å². The van der Waals surface area contributed by atoms with Gasteiger partial charge < -0.3 is 14.8 Å². The van der Waals surface area contributed by atoms with Crippen molar-refractivity contribution >= 4 is 11.8 Å². The molecule has 0 aliphatic rings. The highest BCUT2D eigenvalue weighted by Gasteiger charge is 2.36. The lowest BCUT2D eigenvalue weighted by Gasteiger charge is -2.14. The molecular formula is C13H17F3N2O3. The van der Waals surface area contributed by atoms with Crippen LogP contribution < -0.4 is 5.32 Å². The molecule has 0 saturated carbocycles. The fraction of sp³-hybridized carbons (Fsp3) is 0.538. The molecule has 1 N–H and O–H groups in total. The summed E-state index contributed by atoms with van der Waals surface area (Å²) in [7, 11) is 1.01. The number of pyridine rings is 1. The van der Waals surface area contributed by atoms with Crippen LogP contribution in [0.5, 0.6) is 0 Å². The van der Waals surface area contributed by atoms with E-state index in [-0.39, 0.29) is 11.9 Å². The Morgan fingerprint density at radius 3 is 2.62 bits per heavy atom. The monoisotopic (exact) mass is 306 g/mol. The quantitative estimate of drug-likeness (QED) is 0.647. The number of ether oxygens (including phenoxy) is 2. The summed E-state index contributed by atoms with van der Waals surface area (Å²) in [6.45, 7) is 4.34. The number of hydrogen-bond donors (Lipinski definition) is 1. The number of hydrogen-bond acceptors (Lipinski definition) is 5. The number of alkyl halides is 3. The lowest BCUT2D eigenvalue weighted by Crippen LogP contribution is -2.17. The van der Waals surface area contributed by atoms with Crippen molar-refractivity contribution in [2.45, 2.75) is 26.1 Å². The van der Waals surface area contributed by atoms with Crippen LogP contribution in [0.4, 0.5) is 19.0 Å². The lowest BCUT2D eigenvalue weighted by atomic mass is 10.1. The minimum absolute atomic E-state index is 0.0161. The molecule has 0 atom stereocenters. The number of carbonyl (C=O) groups excluding carboxylic acids is 1. The molecule has 0 spiro atoms. The Hall–Kier alpha value is -1.83. The van der Waals surface area contributed by atoms with Crippen LogP contribution in [0, 0.1) is 0 Å². The van der Waals surface area contributed by atoms with Gasteiger partial charge in [0.05, 0.1) is 30.9 Å². The second kappa shape index (κ2) is 7.26. The van der Waals surface area contributed by atoms with E-state index in [2.05, 4.69) is 15.0 Å². The molecule has 0 bridgehead atoms. The molecule has 1 aromatic heterocycles. The van der Waals surface area contributed by atoms with Gasteiger partial charge in [-0.2, -0.15) is 13.2 Å². The molecular weight excluding hydrogens is 289 g/mol. The molecule has 118 valence electrons. The van der Waals surface area contributed by atoms with Crippen molar-refractivity contribution in [1.29, 1.82) is 0 Å². The van der Waals surface area contributed by atoms with E-state index in [1.54, 1.807) is 0 Å². The molecule has 0 aromatic carbocycles. The normalized spacial score (nSPS) is 11.6. The van der Waals surface area contributed by atoms with Crippen molar-refractivity contribution in [2.24, 2.45) is 0 Å². The molecule has 0 aliphatic carbocycles. The van der Waals surface area contributed by atoms with Gasteiger partial charge in [-0.15, -0.1) is 0 Å². The van der Waals surface area contributed by atoms with Crippen molar-refractivity contribution in [1.82, 2.24) is 4.98 Å². The first-order chi connectivity index (χ1) is 9.75. The number of halogens is 3.